The molecule has 0 spiro atoms. The van der Waals surface area contributed by atoms with Gasteiger partial charge in [0.05, 0.1) is 29.7 Å². The molecule has 3 aromatic rings. The van der Waals surface area contributed by atoms with E-state index in [1.165, 1.54) is 11.8 Å². The number of carbonyl (C=O) groups is 1. The van der Waals surface area contributed by atoms with Crippen LogP contribution in [0, 0.1) is 13.8 Å². The molecule has 1 aromatic carbocycles. The summed E-state index contributed by atoms with van der Waals surface area (Å²) in [5.74, 6) is 0.207. The summed E-state index contributed by atoms with van der Waals surface area (Å²) in [5.41, 5.74) is 3.31. The Balaban J connectivity index is 0.00000240. The Bertz CT molecular complexity index is 952. The standard InChI is InChI=1S/C21H25N3O3S.ClH/c1-15-13-16(2)19-18(14-15)28-21(22-19)24(20(25)17-5-3-10-27-17)7-4-6-23-8-11-26-12-9-23;/h3,5,10,13-14H,4,6-9,11-12H2,1-2H3;1H. The molecule has 0 N–H and O–H groups in total. The van der Waals surface area contributed by atoms with Crippen LogP contribution in [-0.2, 0) is 4.74 Å². The first-order valence-electron chi connectivity index (χ1n) is 9.65. The number of carbonyl (C=O) groups excluding carboxylic acids is 1. The van der Waals surface area contributed by atoms with Crippen molar-refractivity contribution in [3.05, 3.63) is 47.4 Å². The average Bonchev–Trinajstić information content (AvgIpc) is 3.35. The molecule has 3 heterocycles. The SMILES string of the molecule is Cc1cc(C)c2nc(N(CCCN3CCOCC3)C(=O)c3ccco3)sc2c1.Cl. The van der Waals surface area contributed by atoms with E-state index in [2.05, 4.69) is 30.9 Å². The van der Waals surface area contributed by atoms with E-state index in [1.807, 2.05) is 0 Å². The molecule has 1 amide bonds. The fourth-order valence-corrected chi connectivity index (χ4v) is 4.74. The summed E-state index contributed by atoms with van der Waals surface area (Å²) in [6.07, 6.45) is 2.41. The number of ether oxygens (including phenoxy) is 1. The number of aryl methyl sites for hydroxylation is 2. The highest BCUT2D eigenvalue weighted by Gasteiger charge is 2.24. The highest BCUT2D eigenvalue weighted by atomic mass is 35.5. The predicted octanol–water partition coefficient (Wildman–Crippen LogP) is 4.30. The second-order valence-electron chi connectivity index (χ2n) is 7.17. The van der Waals surface area contributed by atoms with Crippen LogP contribution in [0.15, 0.2) is 34.9 Å². The molecule has 1 aliphatic rings. The lowest BCUT2D eigenvalue weighted by Crippen LogP contribution is -2.39. The summed E-state index contributed by atoms with van der Waals surface area (Å²) in [6, 6.07) is 7.71. The number of halogens is 1. The average molecular weight is 436 g/mol. The van der Waals surface area contributed by atoms with Gasteiger partial charge in [-0.25, -0.2) is 4.98 Å². The van der Waals surface area contributed by atoms with Gasteiger partial charge in [0.1, 0.15) is 0 Å². The summed E-state index contributed by atoms with van der Waals surface area (Å²) in [5, 5.41) is 0.729. The zero-order chi connectivity index (χ0) is 19.5. The number of nitrogens with zero attached hydrogens (tertiary/aromatic N) is 3. The maximum Gasteiger partial charge on any atom is 0.295 e. The third kappa shape index (κ3) is 4.98. The highest BCUT2D eigenvalue weighted by Crippen LogP contribution is 2.32. The number of aromatic nitrogens is 1. The van der Waals surface area contributed by atoms with Crippen molar-refractivity contribution < 1.29 is 13.9 Å². The fraction of sp³-hybridized carbons (Fsp3) is 0.429. The number of fused-ring (bicyclic) bond motifs is 1. The molecule has 4 rings (SSSR count). The molecule has 8 heteroatoms. The van der Waals surface area contributed by atoms with Crippen molar-refractivity contribution in [3.8, 4) is 0 Å². The van der Waals surface area contributed by atoms with Gasteiger partial charge in [-0.1, -0.05) is 17.4 Å². The van der Waals surface area contributed by atoms with Gasteiger partial charge in [0.2, 0.25) is 0 Å². The Morgan fingerprint density at radius 2 is 2.07 bits per heavy atom. The molecule has 156 valence electrons. The van der Waals surface area contributed by atoms with Crippen LogP contribution < -0.4 is 4.90 Å². The van der Waals surface area contributed by atoms with Crippen molar-refractivity contribution >= 4 is 45.0 Å². The molecular formula is C21H26ClN3O3S. The molecular weight excluding hydrogens is 410 g/mol. The van der Waals surface area contributed by atoms with E-state index in [-0.39, 0.29) is 18.3 Å². The Morgan fingerprint density at radius 1 is 1.28 bits per heavy atom. The second-order valence-corrected chi connectivity index (χ2v) is 8.18. The molecule has 0 radical (unpaired) electrons. The van der Waals surface area contributed by atoms with E-state index >= 15 is 0 Å². The Kier molecular flexibility index (Phi) is 7.29. The largest absolute Gasteiger partial charge is 0.459 e. The molecule has 0 atom stereocenters. The van der Waals surface area contributed by atoms with Gasteiger partial charge >= 0.3 is 0 Å². The van der Waals surface area contributed by atoms with Crippen molar-refractivity contribution in [2.75, 3.05) is 44.3 Å². The smallest absolute Gasteiger partial charge is 0.295 e. The molecule has 0 saturated carbocycles. The van der Waals surface area contributed by atoms with Crippen molar-refractivity contribution in [2.24, 2.45) is 0 Å². The number of hydrogen-bond acceptors (Lipinski definition) is 6. The topological polar surface area (TPSA) is 58.8 Å². The quantitative estimate of drug-likeness (QED) is 0.577. The molecule has 1 fully saturated rings. The first-order valence-corrected chi connectivity index (χ1v) is 10.5. The normalized spacial score (nSPS) is 14.7. The zero-order valence-corrected chi connectivity index (χ0v) is 18.4. The van der Waals surface area contributed by atoms with Crippen LogP contribution >= 0.6 is 23.7 Å². The third-order valence-electron chi connectivity index (χ3n) is 4.99. The lowest BCUT2D eigenvalue weighted by atomic mass is 10.1. The monoisotopic (exact) mass is 435 g/mol. The van der Waals surface area contributed by atoms with Crippen molar-refractivity contribution in [2.45, 2.75) is 20.3 Å². The van der Waals surface area contributed by atoms with E-state index < -0.39 is 0 Å². The third-order valence-corrected chi connectivity index (χ3v) is 6.01. The van der Waals surface area contributed by atoms with Crippen molar-refractivity contribution in [1.29, 1.82) is 0 Å². The van der Waals surface area contributed by atoms with Crippen LogP contribution in [0.1, 0.15) is 28.1 Å². The number of anilines is 1. The van der Waals surface area contributed by atoms with E-state index in [1.54, 1.807) is 28.4 Å². The van der Waals surface area contributed by atoms with Crippen molar-refractivity contribution in [1.82, 2.24) is 9.88 Å². The summed E-state index contributed by atoms with van der Waals surface area (Å²) >= 11 is 1.56. The summed E-state index contributed by atoms with van der Waals surface area (Å²) < 4.78 is 11.9. The van der Waals surface area contributed by atoms with Crippen LogP contribution in [-0.4, -0.2) is 55.2 Å². The van der Waals surface area contributed by atoms with E-state index in [0.29, 0.717) is 12.3 Å². The molecule has 29 heavy (non-hydrogen) atoms. The van der Waals surface area contributed by atoms with Crippen molar-refractivity contribution in [3.63, 3.8) is 0 Å². The number of thiazole rings is 1. The minimum absolute atomic E-state index is 0. The first-order chi connectivity index (χ1) is 13.6. The molecule has 1 aliphatic heterocycles. The van der Waals surface area contributed by atoms with Crippen LogP contribution in [0.3, 0.4) is 0 Å². The summed E-state index contributed by atoms with van der Waals surface area (Å²) in [7, 11) is 0. The van der Waals surface area contributed by atoms with Gasteiger partial charge in [-0.05, 0) is 49.6 Å². The maximum absolute atomic E-state index is 13.1. The molecule has 0 aliphatic carbocycles. The number of hydrogen-bond donors (Lipinski definition) is 0. The maximum atomic E-state index is 13.1. The predicted molar refractivity (Wildman–Crippen MR) is 119 cm³/mol. The van der Waals surface area contributed by atoms with Gasteiger partial charge in [0.25, 0.3) is 5.91 Å². The lowest BCUT2D eigenvalue weighted by Gasteiger charge is -2.27. The van der Waals surface area contributed by atoms with Gasteiger partial charge in [-0.3, -0.25) is 14.6 Å². The Morgan fingerprint density at radius 3 is 2.79 bits per heavy atom. The van der Waals surface area contributed by atoms with Gasteiger partial charge in [-0.2, -0.15) is 0 Å². The Hall–Kier alpha value is -1.93. The summed E-state index contributed by atoms with van der Waals surface area (Å²) in [6.45, 7) is 9.16. The number of amides is 1. The van der Waals surface area contributed by atoms with Gasteiger partial charge in [-0.15, -0.1) is 12.4 Å². The fourth-order valence-electron chi connectivity index (χ4n) is 3.57. The first kappa shape index (κ1) is 21.8. The van der Waals surface area contributed by atoms with E-state index in [4.69, 9.17) is 14.1 Å². The zero-order valence-electron chi connectivity index (χ0n) is 16.7. The molecule has 0 unspecified atom stereocenters. The minimum atomic E-state index is -0.139. The number of benzene rings is 1. The van der Waals surface area contributed by atoms with Crippen LogP contribution in [0.25, 0.3) is 10.2 Å². The Labute approximate surface area is 180 Å². The van der Waals surface area contributed by atoms with Gasteiger partial charge in [0, 0.05) is 26.2 Å². The van der Waals surface area contributed by atoms with Crippen LogP contribution in [0.2, 0.25) is 0 Å². The van der Waals surface area contributed by atoms with Crippen LogP contribution in [0.5, 0.6) is 0 Å². The van der Waals surface area contributed by atoms with E-state index in [0.717, 1.165) is 60.2 Å². The van der Waals surface area contributed by atoms with Crippen LogP contribution in [0.4, 0.5) is 5.13 Å². The molecule has 0 bridgehead atoms. The molecule has 2 aromatic heterocycles. The minimum Gasteiger partial charge on any atom is -0.459 e. The second kappa shape index (κ2) is 9.71. The molecule has 6 nitrogen and oxygen atoms in total. The summed E-state index contributed by atoms with van der Waals surface area (Å²) in [4.78, 5) is 22.0. The highest BCUT2D eigenvalue weighted by molar-refractivity contribution is 7.22. The number of furan rings is 1. The molecule has 1 saturated heterocycles. The number of morpholine rings is 1. The van der Waals surface area contributed by atoms with Gasteiger partial charge < -0.3 is 9.15 Å². The van der Waals surface area contributed by atoms with E-state index in [9.17, 15) is 4.79 Å². The lowest BCUT2D eigenvalue weighted by molar-refractivity contribution is 0.0376. The number of rotatable bonds is 6. The van der Waals surface area contributed by atoms with Gasteiger partial charge in [0.15, 0.2) is 10.9 Å².